The van der Waals surface area contributed by atoms with E-state index in [0.29, 0.717) is 17.4 Å². The highest BCUT2D eigenvalue weighted by Gasteiger charge is 2.32. The number of carbonyl (C=O) groups excluding carboxylic acids is 1. The fourth-order valence-corrected chi connectivity index (χ4v) is 3.67. The molecule has 2 aromatic carbocycles. The van der Waals surface area contributed by atoms with Crippen LogP contribution in [0.5, 0.6) is 0 Å². The van der Waals surface area contributed by atoms with Gasteiger partial charge in [0.25, 0.3) is 5.91 Å². The lowest BCUT2D eigenvalue weighted by atomic mass is 10.1. The third kappa shape index (κ3) is 4.53. The van der Waals surface area contributed by atoms with Crippen molar-refractivity contribution in [2.75, 3.05) is 0 Å². The van der Waals surface area contributed by atoms with Crippen LogP contribution >= 0.6 is 11.3 Å². The number of aliphatic carboxylic acids is 1. The van der Waals surface area contributed by atoms with Gasteiger partial charge in [-0.1, -0.05) is 17.4 Å². The summed E-state index contributed by atoms with van der Waals surface area (Å²) in [6.07, 6.45) is -9.33. The predicted molar refractivity (Wildman–Crippen MR) is 93.8 cm³/mol. The molecule has 0 radical (unpaired) electrons. The molecule has 0 aliphatic heterocycles. The van der Waals surface area contributed by atoms with Crippen LogP contribution in [0.1, 0.15) is 21.5 Å². The van der Waals surface area contributed by atoms with Crippen molar-refractivity contribution in [2.24, 2.45) is 4.99 Å². The second kappa shape index (κ2) is 7.59. The first-order chi connectivity index (χ1) is 13.9. The van der Waals surface area contributed by atoms with Gasteiger partial charge in [0, 0.05) is 5.56 Å². The van der Waals surface area contributed by atoms with E-state index in [2.05, 4.69) is 4.99 Å². The molecule has 30 heavy (non-hydrogen) atoms. The monoisotopic (exact) mass is 448 g/mol. The second-order valence-corrected chi connectivity index (χ2v) is 7.05. The van der Waals surface area contributed by atoms with Crippen molar-refractivity contribution in [1.82, 2.24) is 4.57 Å². The Morgan fingerprint density at radius 2 is 1.60 bits per heavy atom. The molecule has 12 heteroatoms. The van der Waals surface area contributed by atoms with Crippen LogP contribution in [-0.4, -0.2) is 21.6 Å². The van der Waals surface area contributed by atoms with Crippen LogP contribution < -0.4 is 4.80 Å². The Morgan fingerprint density at radius 3 is 2.20 bits per heavy atom. The van der Waals surface area contributed by atoms with Gasteiger partial charge in [-0.2, -0.15) is 31.3 Å². The molecule has 5 nitrogen and oxygen atoms in total. The summed E-state index contributed by atoms with van der Waals surface area (Å²) >= 11 is 0.619. The minimum Gasteiger partial charge on any atom is -0.480 e. The first-order valence-corrected chi connectivity index (χ1v) is 8.86. The largest absolute Gasteiger partial charge is 0.480 e. The predicted octanol–water partition coefficient (Wildman–Crippen LogP) is 4.57. The molecule has 158 valence electrons. The van der Waals surface area contributed by atoms with Gasteiger partial charge in [0.2, 0.25) is 0 Å². The van der Waals surface area contributed by atoms with E-state index in [1.807, 2.05) is 0 Å². The van der Waals surface area contributed by atoms with Crippen LogP contribution in [0.25, 0.3) is 10.2 Å². The summed E-state index contributed by atoms with van der Waals surface area (Å²) < 4.78 is 78.3. The number of rotatable bonds is 3. The zero-order chi connectivity index (χ0) is 22.3. The van der Waals surface area contributed by atoms with Gasteiger partial charge >= 0.3 is 18.3 Å². The maximum Gasteiger partial charge on any atom is 0.416 e. The van der Waals surface area contributed by atoms with E-state index < -0.39 is 47.5 Å². The van der Waals surface area contributed by atoms with E-state index in [1.165, 1.54) is 0 Å². The molecule has 0 bridgehead atoms. The number of hydrogen-bond acceptors (Lipinski definition) is 3. The lowest BCUT2D eigenvalue weighted by Crippen LogP contribution is -2.21. The zero-order valence-corrected chi connectivity index (χ0v) is 15.4. The minimum atomic E-state index is -4.69. The highest BCUT2D eigenvalue weighted by Crippen LogP contribution is 2.32. The molecule has 3 rings (SSSR count). The minimum absolute atomic E-state index is 0.0154. The molecule has 1 aromatic heterocycles. The van der Waals surface area contributed by atoms with Crippen LogP contribution in [-0.2, 0) is 23.7 Å². The number of alkyl halides is 6. The molecule has 1 amide bonds. The summed E-state index contributed by atoms with van der Waals surface area (Å²) in [5.41, 5.74) is -2.37. The number of nitrogens with zero attached hydrogens (tertiary/aromatic N) is 2. The Bertz CT molecular complexity index is 1210. The second-order valence-electron chi connectivity index (χ2n) is 6.04. The molecular weight excluding hydrogens is 438 g/mol. The Balaban J connectivity index is 2.15. The number of hydrogen-bond donors (Lipinski definition) is 1. The fourth-order valence-electron chi connectivity index (χ4n) is 2.60. The number of benzene rings is 2. The fraction of sp³-hybridized carbons (Fsp3) is 0.167. The summed E-state index contributed by atoms with van der Waals surface area (Å²) in [6.45, 7) is -0.708. The summed E-state index contributed by atoms with van der Waals surface area (Å²) in [6, 6.07) is 6.04. The van der Waals surface area contributed by atoms with Crippen LogP contribution in [0, 0.1) is 0 Å². The molecule has 0 spiro atoms. The maximum absolute atomic E-state index is 12.9. The molecule has 3 aromatic rings. The molecule has 0 fully saturated rings. The number of amides is 1. The Hall–Kier alpha value is -3.15. The van der Waals surface area contributed by atoms with Gasteiger partial charge in [0.1, 0.15) is 6.54 Å². The molecule has 0 atom stereocenters. The number of carboxylic acids is 1. The Labute approximate surface area is 167 Å². The maximum atomic E-state index is 12.9. The summed E-state index contributed by atoms with van der Waals surface area (Å²) in [4.78, 5) is 26.9. The van der Waals surface area contributed by atoms with Crippen LogP contribution in [0.15, 0.2) is 47.5 Å². The van der Waals surface area contributed by atoms with Crippen LogP contribution in [0.4, 0.5) is 26.3 Å². The number of fused-ring (bicyclic) bond motifs is 1. The highest BCUT2D eigenvalue weighted by molar-refractivity contribution is 7.16. The first kappa shape index (κ1) is 21.6. The van der Waals surface area contributed by atoms with Crippen LogP contribution in [0.3, 0.4) is 0 Å². The van der Waals surface area contributed by atoms with E-state index in [1.54, 1.807) is 0 Å². The van der Waals surface area contributed by atoms with Crippen molar-refractivity contribution in [3.63, 3.8) is 0 Å². The van der Waals surface area contributed by atoms with Gasteiger partial charge in [-0.05, 0) is 36.4 Å². The van der Waals surface area contributed by atoms with Crippen molar-refractivity contribution in [1.29, 1.82) is 0 Å². The van der Waals surface area contributed by atoms with E-state index in [-0.39, 0.29) is 15.0 Å². The zero-order valence-electron chi connectivity index (χ0n) is 14.6. The molecule has 0 saturated carbocycles. The van der Waals surface area contributed by atoms with Gasteiger partial charge < -0.3 is 9.67 Å². The lowest BCUT2D eigenvalue weighted by Gasteiger charge is -2.07. The lowest BCUT2D eigenvalue weighted by molar-refractivity contribution is -0.138. The van der Waals surface area contributed by atoms with Gasteiger partial charge in [0.05, 0.1) is 21.3 Å². The summed E-state index contributed by atoms with van der Waals surface area (Å²) in [5.74, 6) is -2.44. The molecule has 0 aliphatic carbocycles. The topological polar surface area (TPSA) is 71.7 Å². The van der Waals surface area contributed by atoms with Gasteiger partial charge in [0.15, 0.2) is 4.80 Å². The average Bonchev–Trinajstić information content (AvgIpc) is 2.96. The molecule has 1 heterocycles. The molecule has 0 unspecified atom stereocenters. The van der Waals surface area contributed by atoms with Gasteiger partial charge in [-0.3, -0.25) is 9.59 Å². The third-order valence-corrected chi connectivity index (χ3v) is 4.98. The number of aromatic nitrogens is 1. The third-order valence-electron chi connectivity index (χ3n) is 3.94. The number of carbonyl (C=O) groups is 2. The van der Waals surface area contributed by atoms with E-state index in [0.717, 1.165) is 41.0 Å². The average molecular weight is 448 g/mol. The number of thiazole rings is 1. The SMILES string of the molecule is O=C(O)Cn1/c(=N/C(=O)c2cccc(C(F)(F)F)c2)sc2cc(C(F)(F)F)ccc21. The van der Waals surface area contributed by atoms with E-state index in [9.17, 15) is 35.9 Å². The van der Waals surface area contributed by atoms with Crippen molar-refractivity contribution in [3.8, 4) is 0 Å². The number of carboxylic acid groups (broad SMARTS) is 1. The van der Waals surface area contributed by atoms with E-state index >= 15 is 0 Å². The van der Waals surface area contributed by atoms with Crippen molar-refractivity contribution >= 4 is 33.4 Å². The molecule has 1 N–H and O–H groups in total. The van der Waals surface area contributed by atoms with E-state index in [4.69, 9.17) is 5.11 Å². The summed E-state index contributed by atoms with van der Waals surface area (Å²) in [5, 5.41) is 9.08. The van der Waals surface area contributed by atoms with Crippen molar-refractivity contribution in [3.05, 3.63) is 64.0 Å². The van der Waals surface area contributed by atoms with Gasteiger partial charge in [-0.15, -0.1) is 0 Å². The molecule has 0 aliphatic rings. The number of halogens is 6. The molecule has 0 saturated heterocycles. The standard InChI is InChI=1S/C18H10F6N2O3S/c19-17(20,21)10-3-1-2-9(6-10)15(29)25-16-26(8-14(27)28)12-5-4-11(18(22,23)24)7-13(12)30-16/h1-7H,8H2,(H,27,28)/b25-16-. The van der Waals surface area contributed by atoms with Crippen molar-refractivity contribution < 1.29 is 41.0 Å². The molecular formula is C18H10F6N2O3S. The normalized spacial score (nSPS) is 13.1. The van der Waals surface area contributed by atoms with Crippen LogP contribution in [0.2, 0.25) is 0 Å². The van der Waals surface area contributed by atoms with Crippen molar-refractivity contribution in [2.45, 2.75) is 18.9 Å². The highest BCUT2D eigenvalue weighted by atomic mass is 32.1. The Kier molecular flexibility index (Phi) is 5.46. The Morgan fingerprint density at radius 1 is 0.967 bits per heavy atom. The first-order valence-electron chi connectivity index (χ1n) is 8.05. The smallest absolute Gasteiger partial charge is 0.416 e. The summed E-state index contributed by atoms with van der Waals surface area (Å²) in [7, 11) is 0. The quantitative estimate of drug-likeness (QED) is 0.597. The van der Waals surface area contributed by atoms with Gasteiger partial charge in [-0.25, -0.2) is 0 Å².